The topological polar surface area (TPSA) is 67.4 Å². The van der Waals surface area contributed by atoms with E-state index < -0.39 is 0 Å². The minimum atomic E-state index is 0.0789. The molecule has 21 heavy (non-hydrogen) atoms. The first-order valence-corrected chi connectivity index (χ1v) is 7.67. The molecule has 0 saturated carbocycles. The average Bonchev–Trinajstić information content (AvgIpc) is 2.81. The molecule has 6 nitrogen and oxygen atoms in total. The van der Waals surface area contributed by atoms with Crippen LogP contribution in [0, 0.1) is 6.92 Å². The van der Waals surface area contributed by atoms with Gasteiger partial charge in [-0.15, -0.1) is 0 Å². The highest BCUT2D eigenvalue weighted by atomic mass is 16.2. The summed E-state index contributed by atoms with van der Waals surface area (Å²) in [7, 11) is 4.04. The molecule has 0 saturated heterocycles. The molecular formula is C15H29N5O. The highest BCUT2D eigenvalue weighted by Crippen LogP contribution is 2.11. The first kappa shape index (κ1) is 17.7. The number of hydrogen-bond donors (Lipinski definition) is 1. The van der Waals surface area contributed by atoms with E-state index in [0.29, 0.717) is 12.1 Å². The van der Waals surface area contributed by atoms with Crippen molar-refractivity contribution in [3.8, 4) is 0 Å². The van der Waals surface area contributed by atoms with Gasteiger partial charge in [-0.05, 0) is 40.4 Å². The van der Waals surface area contributed by atoms with Crippen LogP contribution in [-0.2, 0) is 6.54 Å². The van der Waals surface area contributed by atoms with Crippen molar-refractivity contribution in [2.75, 3.05) is 40.3 Å². The van der Waals surface area contributed by atoms with Crippen molar-refractivity contribution in [1.29, 1.82) is 0 Å². The Kier molecular flexibility index (Phi) is 7.39. The summed E-state index contributed by atoms with van der Waals surface area (Å²) in [5.74, 6) is 0.0789. The summed E-state index contributed by atoms with van der Waals surface area (Å²) in [5.41, 5.74) is 7.17. The van der Waals surface area contributed by atoms with Crippen LogP contribution in [0.4, 0.5) is 0 Å². The number of likely N-dealkylation sites (N-methyl/N-ethyl adjacent to an activating group) is 1. The van der Waals surface area contributed by atoms with Crippen molar-refractivity contribution in [2.24, 2.45) is 5.73 Å². The number of aromatic nitrogens is 2. The van der Waals surface area contributed by atoms with Crippen molar-refractivity contribution < 1.29 is 4.79 Å². The SMILES string of the molecule is CCCN(CCN(C)C)C(=O)c1cnn(CCCN)c1C. The van der Waals surface area contributed by atoms with Crippen LogP contribution in [0.15, 0.2) is 6.20 Å². The van der Waals surface area contributed by atoms with E-state index in [4.69, 9.17) is 5.73 Å². The lowest BCUT2D eigenvalue weighted by Crippen LogP contribution is -2.37. The van der Waals surface area contributed by atoms with Gasteiger partial charge >= 0.3 is 0 Å². The van der Waals surface area contributed by atoms with E-state index in [2.05, 4.69) is 16.9 Å². The predicted molar refractivity (Wildman–Crippen MR) is 85.4 cm³/mol. The Morgan fingerprint density at radius 3 is 2.62 bits per heavy atom. The van der Waals surface area contributed by atoms with Crippen molar-refractivity contribution in [3.05, 3.63) is 17.5 Å². The Labute approximate surface area is 127 Å². The van der Waals surface area contributed by atoms with Gasteiger partial charge < -0.3 is 15.5 Å². The number of aryl methyl sites for hydroxylation is 1. The summed E-state index contributed by atoms with van der Waals surface area (Å²) in [6, 6.07) is 0. The number of amides is 1. The van der Waals surface area contributed by atoms with Crippen LogP contribution in [0.2, 0.25) is 0 Å². The Hall–Kier alpha value is -1.40. The molecule has 2 N–H and O–H groups in total. The summed E-state index contributed by atoms with van der Waals surface area (Å²) in [5, 5.41) is 4.32. The molecule has 0 unspecified atom stereocenters. The number of nitrogens with zero attached hydrogens (tertiary/aromatic N) is 4. The lowest BCUT2D eigenvalue weighted by Gasteiger charge is -2.23. The molecule has 0 atom stereocenters. The summed E-state index contributed by atoms with van der Waals surface area (Å²) in [4.78, 5) is 16.7. The zero-order chi connectivity index (χ0) is 15.8. The van der Waals surface area contributed by atoms with E-state index >= 15 is 0 Å². The van der Waals surface area contributed by atoms with Crippen LogP contribution in [0.25, 0.3) is 0 Å². The van der Waals surface area contributed by atoms with Crippen molar-refractivity contribution in [2.45, 2.75) is 33.2 Å². The summed E-state index contributed by atoms with van der Waals surface area (Å²) >= 11 is 0. The molecule has 0 radical (unpaired) electrons. The first-order chi connectivity index (χ1) is 10.0. The molecule has 0 bridgehead atoms. The van der Waals surface area contributed by atoms with E-state index in [-0.39, 0.29) is 5.91 Å². The average molecular weight is 295 g/mol. The minimum absolute atomic E-state index is 0.0789. The highest BCUT2D eigenvalue weighted by Gasteiger charge is 2.20. The second-order valence-electron chi connectivity index (χ2n) is 5.60. The Morgan fingerprint density at radius 1 is 1.33 bits per heavy atom. The van der Waals surface area contributed by atoms with Crippen LogP contribution < -0.4 is 5.73 Å². The van der Waals surface area contributed by atoms with E-state index in [1.54, 1.807) is 6.20 Å². The molecule has 0 aliphatic carbocycles. The molecule has 0 aromatic carbocycles. The van der Waals surface area contributed by atoms with Crippen LogP contribution >= 0.6 is 0 Å². The van der Waals surface area contributed by atoms with Gasteiger partial charge in [0.25, 0.3) is 5.91 Å². The van der Waals surface area contributed by atoms with Gasteiger partial charge in [-0.25, -0.2) is 0 Å². The normalized spacial score (nSPS) is 11.1. The number of carbonyl (C=O) groups is 1. The number of carbonyl (C=O) groups excluding carboxylic acids is 1. The fourth-order valence-electron chi connectivity index (χ4n) is 2.20. The highest BCUT2D eigenvalue weighted by molar-refractivity contribution is 5.95. The van der Waals surface area contributed by atoms with Gasteiger partial charge in [-0.1, -0.05) is 6.92 Å². The van der Waals surface area contributed by atoms with Gasteiger partial charge in [0.1, 0.15) is 0 Å². The molecule has 0 spiro atoms. The van der Waals surface area contributed by atoms with Crippen LogP contribution in [0.3, 0.4) is 0 Å². The molecular weight excluding hydrogens is 266 g/mol. The van der Waals surface area contributed by atoms with Gasteiger partial charge in [-0.3, -0.25) is 9.48 Å². The lowest BCUT2D eigenvalue weighted by atomic mass is 10.2. The smallest absolute Gasteiger partial charge is 0.257 e. The quantitative estimate of drug-likeness (QED) is 0.736. The first-order valence-electron chi connectivity index (χ1n) is 7.67. The Morgan fingerprint density at radius 2 is 2.05 bits per heavy atom. The molecule has 120 valence electrons. The van der Waals surface area contributed by atoms with Crippen LogP contribution in [0.1, 0.15) is 35.8 Å². The molecule has 1 rings (SSSR count). The number of rotatable bonds is 9. The maximum absolute atomic E-state index is 12.7. The monoisotopic (exact) mass is 295 g/mol. The summed E-state index contributed by atoms with van der Waals surface area (Å²) in [6.45, 7) is 7.83. The number of nitrogens with two attached hydrogens (primary N) is 1. The largest absolute Gasteiger partial charge is 0.337 e. The molecule has 1 amide bonds. The Bertz CT molecular complexity index is 441. The molecule has 0 aliphatic heterocycles. The third kappa shape index (κ3) is 5.13. The molecule has 1 aromatic heterocycles. The van der Waals surface area contributed by atoms with Crippen LogP contribution in [0.5, 0.6) is 0 Å². The van der Waals surface area contributed by atoms with E-state index in [1.807, 2.05) is 30.6 Å². The van der Waals surface area contributed by atoms with E-state index in [0.717, 1.165) is 44.7 Å². The van der Waals surface area contributed by atoms with Crippen molar-refractivity contribution in [1.82, 2.24) is 19.6 Å². The Balaban J connectivity index is 2.80. The molecule has 0 aliphatic rings. The van der Waals surface area contributed by atoms with Crippen molar-refractivity contribution >= 4 is 5.91 Å². The van der Waals surface area contributed by atoms with E-state index in [9.17, 15) is 4.79 Å². The van der Waals surface area contributed by atoms with E-state index in [1.165, 1.54) is 0 Å². The standard InChI is InChI=1S/C15H29N5O/c1-5-8-19(11-10-18(3)4)15(21)14-12-17-20(13(14)2)9-6-7-16/h12H,5-11,16H2,1-4H3. The molecule has 6 heteroatoms. The lowest BCUT2D eigenvalue weighted by molar-refractivity contribution is 0.0744. The fourth-order valence-corrected chi connectivity index (χ4v) is 2.20. The third-order valence-electron chi connectivity index (χ3n) is 3.51. The second kappa shape index (κ2) is 8.79. The zero-order valence-electron chi connectivity index (χ0n) is 13.8. The van der Waals surface area contributed by atoms with Crippen LogP contribution in [-0.4, -0.2) is 65.8 Å². The maximum Gasteiger partial charge on any atom is 0.257 e. The molecule has 1 aromatic rings. The van der Waals surface area contributed by atoms with Gasteiger partial charge in [0, 0.05) is 31.9 Å². The zero-order valence-corrected chi connectivity index (χ0v) is 13.8. The van der Waals surface area contributed by atoms with Gasteiger partial charge in [-0.2, -0.15) is 5.10 Å². The predicted octanol–water partition coefficient (Wildman–Crippen LogP) is 0.954. The molecule has 0 fully saturated rings. The number of hydrogen-bond acceptors (Lipinski definition) is 4. The van der Waals surface area contributed by atoms with Gasteiger partial charge in [0.15, 0.2) is 0 Å². The maximum atomic E-state index is 12.7. The summed E-state index contributed by atoms with van der Waals surface area (Å²) < 4.78 is 1.87. The third-order valence-corrected chi connectivity index (χ3v) is 3.51. The fraction of sp³-hybridized carbons (Fsp3) is 0.733. The van der Waals surface area contributed by atoms with Crippen molar-refractivity contribution in [3.63, 3.8) is 0 Å². The minimum Gasteiger partial charge on any atom is -0.337 e. The van der Waals surface area contributed by atoms with Gasteiger partial charge in [0.2, 0.25) is 0 Å². The molecule has 1 heterocycles. The van der Waals surface area contributed by atoms with Gasteiger partial charge in [0.05, 0.1) is 11.8 Å². The second-order valence-corrected chi connectivity index (χ2v) is 5.60. The summed E-state index contributed by atoms with van der Waals surface area (Å²) in [6.07, 6.45) is 3.52.